The summed E-state index contributed by atoms with van der Waals surface area (Å²) in [5.41, 5.74) is 0.417. The van der Waals surface area contributed by atoms with Crippen molar-refractivity contribution < 1.29 is 14.7 Å². The Bertz CT molecular complexity index is 365. The van der Waals surface area contributed by atoms with Crippen LogP contribution < -0.4 is 5.32 Å². The summed E-state index contributed by atoms with van der Waals surface area (Å²) in [4.78, 5) is 21.2. The second-order valence-electron chi connectivity index (χ2n) is 2.60. The van der Waals surface area contributed by atoms with Crippen LogP contribution in [0.4, 0.5) is 5.69 Å². The summed E-state index contributed by atoms with van der Waals surface area (Å²) >= 11 is 5.74. The van der Waals surface area contributed by atoms with E-state index >= 15 is 0 Å². The molecule has 0 bridgehead atoms. The van der Waals surface area contributed by atoms with Gasteiger partial charge in [0.2, 0.25) is 5.91 Å². The van der Waals surface area contributed by atoms with Gasteiger partial charge in [0.1, 0.15) is 6.42 Å². The summed E-state index contributed by atoms with van der Waals surface area (Å²) < 4.78 is 0. The molecule has 0 fully saturated rings. The van der Waals surface area contributed by atoms with E-state index in [1.807, 2.05) is 0 Å². The zero-order chi connectivity index (χ0) is 10.6. The predicted molar refractivity (Wildman–Crippen MR) is 52.3 cm³/mol. The number of carboxylic acid groups (broad SMARTS) is 1. The fourth-order valence-corrected chi connectivity index (χ4v) is 1.08. The lowest BCUT2D eigenvalue weighted by Gasteiger charge is -2.04. The maximum Gasteiger partial charge on any atom is 0.312 e. The number of amides is 1. The van der Waals surface area contributed by atoms with Crippen molar-refractivity contribution in [3.05, 3.63) is 29.3 Å². The number of benzene rings is 1. The first-order valence-electron chi connectivity index (χ1n) is 3.86. The molecule has 1 aromatic carbocycles. The van der Waals surface area contributed by atoms with Crippen molar-refractivity contribution in [3.63, 3.8) is 0 Å². The van der Waals surface area contributed by atoms with Crippen LogP contribution in [0.15, 0.2) is 24.3 Å². The summed E-state index contributed by atoms with van der Waals surface area (Å²) in [5.74, 6) is -1.76. The highest BCUT2D eigenvalue weighted by Crippen LogP contribution is 2.20. The molecule has 74 valence electrons. The van der Waals surface area contributed by atoms with Crippen molar-refractivity contribution >= 4 is 29.2 Å². The smallest absolute Gasteiger partial charge is 0.312 e. The van der Waals surface area contributed by atoms with E-state index in [1.54, 1.807) is 24.3 Å². The number of rotatable bonds is 3. The Morgan fingerprint density at radius 2 is 2.00 bits per heavy atom. The molecule has 0 unspecified atom stereocenters. The van der Waals surface area contributed by atoms with Gasteiger partial charge in [0, 0.05) is 0 Å². The van der Waals surface area contributed by atoms with Crippen LogP contribution in [0.3, 0.4) is 0 Å². The van der Waals surface area contributed by atoms with E-state index in [2.05, 4.69) is 5.32 Å². The summed E-state index contributed by atoms with van der Waals surface area (Å²) in [5, 5.41) is 11.1. The molecule has 0 aromatic heterocycles. The molecule has 0 radical (unpaired) electrons. The SMILES string of the molecule is O=C(O)CC(=O)Nc1ccccc1Cl. The molecule has 5 heteroatoms. The number of halogens is 1. The van der Waals surface area contributed by atoms with E-state index in [-0.39, 0.29) is 0 Å². The number of carbonyl (C=O) groups excluding carboxylic acids is 1. The normalized spacial score (nSPS) is 9.50. The van der Waals surface area contributed by atoms with Crippen molar-refractivity contribution in [3.8, 4) is 0 Å². The number of para-hydroxylation sites is 1. The molecule has 14 heavy (non-hydrogen) atoms. The van der Waals surface area contributed by atoms with Crippen LogP contribution in [0.5, 0.6) is 0 Å². The zero-order valence-corrected chi connectivity index (χ0v) is 7.91. The first-order chi connectivity index (χ1) is 6.59. The number of hydrogen-bond donors (Lipinski definition) is 2. The average molecular weight is 214 g/mol. The molecule has 1 amide bonds. The molecule has 0 heterocycles. The Hall–Kier alpha value is -1.55. The first-order valence-corrected chi connectivity index (χ1v) is 4.23. The second kappa shape index (κ2) is 4.62. The van der Waals surface area contributed by atoms with Gasteiger partial charge in [0.05, 0.1) is 10.7 Å². The zero-order valence-electron chi connectivity index (χ0n) is 7.16. The second-order valence-corrected chi connectivity index (χ2v) is 3.01. The van der Waals surface area contributed by atoms with Gasteiger partial charge in [-0.25, -0.2) is 0 Å². The molecule has 2 N–H and O–H groups in total. The molecule has 0 atom stereocenters. The van der Waals surface area contributed by atoms with Gasteiger partial charge in [-0.2, -0.15) is 0 Å². The Morgan fingerprint density at radius 3 is 2.57 bits per heavy atom. The molecule has 0 saturated carbocycles. The van der Waals surface area contributed by atoms with Gasteiger partial charge in [-0.15, -0.1) is 0 Å². The van der Waals surface area contributed by atoms with Gasteiger partial charge in [-0.05, 0) is 12.1 Å². The fourth-order valence-electron chi connectivity index (χ4n) is 0.894. The summed E-state index contributed by atoms with van der Waals surface area (Å²) in [6, 6.07) is 6.62. The van der Waals surface area contributed by atoms with Crippen LogP contribution >= 0.6 is 11.6 Å². The van der Waals surface area contributed by atoms with E-state index in [9.17, 15) is 9.59 Å². The maximum absolute atomic E-state index is 11.0. The van der Waals surface area contributed by atoms with Crippen LogP contribution in [0.25, 0.3) is 0 Å². The Balaban J connectivity index is 2.65. The summed E-state index contributed by atoms with van der Waals surface area (Å²) in [7, 11) is 0. The fraction of sp³-hybridized carbons (Fsp3) is 0.111. The monoisotopic (exact) mass is 213 g/mol. The Kier molecular flexibility index (Phi) is 3.48. The summed E-state index contributed by atoms with van der Waals surface area (Å²) in [6.07, 6.45) is -0.564. The first kappa shape index (κ1) is 10.5. The van der Waals surface area contributed by atoms with Crippen molar-refractivity contribution in [2.75, 3.05) is 5.32 Å². The molecule has 1 aromatic rings. The molecule has 0 saturated heterocycles. The number of nitrogens with one attached hydrogen (secondary N) is 1. The number of aliphatic carboxylic acids is 1. The van der Waals surface area contributed by atoms with Gasteiger partial charge in [-0.3, -0.25) is 9.59 Å². The topological polar surface area (TPSA) is 66.4 Å². The highest BCUT2D eigenvalue weighted by Gasteiger charge is 2.08. The highest BCUT2D eigenvalue weighted by molar-refractivity contribution is 6.33. The lowest BCUT2D eigenvalue weighted by atomic mass is 10.3. The third-order valence-electron chi connectivity index (χ3n) is 1.46. The minimum atomic E-state index is -1.17. The molecule has 0 aliphatic heterocycles. The number of carbonyl (C=O) groups is 2. The third kappa shape index (κ3) is 3.06. The number of hydrogen-bond acceptors (Lipinski definition) is 2. The minimum Gasteiger partial charge on any atom is -0.481 e. The van der Waals surface area contributed by atoms with Gasteiger partial charge in [-0.1, -0.05) is 23.7 Å². The van der Waals surface area contributed by atoms with Gasteiger partial charge >= 0.3 is 5.97 Å². The van der Waals surface area contributed by atoms with Gasteiger partial charge in [0.15, 0.2) is 0 Å². The van der Waals surface area contributed by atoms with E-state index in [4.69, 9.17) is 16.7 Å². The van der Waals surface area contributed by atoms with Crippen molar-refractivity contribution in [1.29, 1.82) is 0 Å². The van der Waals surface area contributed by atoms with Crippen LogP contribution in [0.2, 0.25) is 5.02 Å². The molecular weight excluding hydrogens is 206 g/mol. The van der Waals surface area contributed by atoms with E-state index in [0.29, 0.717) is 10.7 Å². The number of carboxylic acids is 1. The highest BCUT2D eigenvalue weighted by atomic mass is 35.5. The maximum atomic E-state index is 11.0. The van der Waals surface area contributed by atoms with E-state index < -0.39 is 18.3 Å². The Labute approximate surface area is 85.5 Å². The molecule has 0 spiro atoms. The van der Waals surface area contributed by atoms with Crippen LogP contribution in [-0.4, -0.2) is 17.0 Å². The minimum absolute atomic E-state index is 0.381. The van der Waals surface area contributed by atoms with Crippen molar-refractivity contribution in [2.24, 2.45) is 0 Å². The lowest BCUT2D eigenvalue weighted by Crippen LogP contribution is -2.15. The van der Waals surface area contributed by atoms with Gasteiger partial charge < -0.3 is 10.4 Å². The lowest BCUT2D eigenvalue weighted by molar-refractivity contribution is -0.139. The molecule has 1 rings (SSSR count). The third-order valence-corrected chi connectivity index (χ3v) is 1.79. The van der Waals surface area contributed by atoms with Crippen molar-refractivity contribution in [2.45, 2.75) is 6.42 Å². The standard InChI is InChI=1S/C9H8ClNO3/c10-6-3-1-2-4-7(6)11-8(12)5-9(13)14/h1-4H,5H2,(H,11,12)(H,13,14). The molecule has 0 aliphatic rings. The number of anilines is 1. The van der Waals surface area contributed by atoms with Crippen LogP contribution in [0, 0.1) is 0 Å². The van der Waals surface area contributed by atoms with E-state index in [0.717, 1.165) is 0 Å². The predicted octanol–water partition coefficient (Wildman–Crippen LogP) is 1.75. The average Bonchev–Trinajstić information content (AvgIpc) is 2.07. The van der Waals surface area contributed by atoms with Crippen molar-refractivity contribution in [1.82, 2.24) is 0 Å². The largest absolute Gasteiger partial charge is 0.481 e. The van der Waals surface area contributed by atoms with Crippen LogP contribution in [0.1, 0.15) is 6.42 Å². The quantitative estimate of drug-likeness (QED) is 0.752. The Morgan fingerprint density at radius 1 is 1.36 bits per heavy atom. The molecule has 4 nitrogen and oxygen atoms in total. The van der Waals surface area contributed by atoms with Crippen LogP contribution in [-0.2, 0) is 9.59 Å². The molecule has 0 aliphatic carbocycles. The van der Waals surface area contributed by atoms with E-state index in [1.165, 1.54) is 0 Å². The molecular formula is C9H8ClNO3. The van der Waals surface area contributed by atoms with Gasteiger partial charge in [0.25, 0.3) is 0 Å². The summed E-state index contributed by atoms with van der Waals surface area (Å²) in [6.45, 7) is 0.